The van der Waals surface area contributed by atoms with Crippen LogP contribution < -0.4 is 10.1 Å². The van der Waals surface area contributed by atoms with Gasteiger partial charge in [0.1, 0.15) is 11.4 Å². The number of benzene rings is 2. The van der Waals surface area contributed by atoms with Crippen molar-refractivity contribution in [2.45, 2.75) is 30.1 Å². The van der Waals surface area contributed by atoms with E-state index in [1.54, 1.807) is 18.2 Å². The van der Waals surface area contributed by atoms with Crippen molar-refractivity contribution in [1.82, 2.24) is 9.62 Å². The Balaban J connectivity index is 1.60. The molecule has 0 aliphatic carbocycles. The van der Waals surface area contributed by atoms with E-state index < -0.39 is 21.7 Å². The maximum atomic E-state index is 12.7. The molecule has 0 bridgehead atoms. The Labute approximate surface area is 165 Å². The van der Waals surface area contributed by atoms with E-state index in [4.69, 9.17) is 4.74 Å². The molecule has 0 spiro atoms. The summed E-state index contributed by atoms with van der Waals surface area (Å²) in [6, 6.07) is 15.6. The van der Waals surface area contributed by atoms with E-state index in [0.29, 0.717) is 13.2 Å². The van der Waals surface area contributed by atoms with Gasteiger partial charge < -0.3 is 20.3 Å². The lowest BCUT2D eigenvalue weighted by molar-refractivity contribution is -0.0384. The van der Waals surface area contributed by atoms with Crippen LogP contribution in [-0.4, -0.2) is 60.9 Å². The van der Waals surface area contributed by atoms with Crippen LogP contribution in [0.1, 0.15) is 12.5 Å². The normalized spacial score (nSPS) is 23.0. The van der Waals surface area contributed by atoms with Crippen LogP contribution in [0.25, 0.3) is 0 Å². The van der Waals surface area contributed by atoms with Gasteiger partial charge in [-0.25, -0.2) is 8.42 Å². The van der Waals surface area contributed by atoms with Gasteiger partial charge in [-0.15, -0.1) is 0 Å². The van der Waals surface area contributed by atoms with Gasteiger partial charge in [0.2, 0.25) is 10.0 Å². The van der Waals surface area contributed by atoms with Crippen LogP contribution in [0.4, 0.5) is 0 Å². The third kappa shape index (κ3) is 4.53. The first-order chi connectivity index (χ1) is 13.3. The average Bonchev–Trinajstić information content (AvgIpc) is 3.00. The van der Waals surface area contributed by atoms with Gasteiger partial charge in [0.15, 0.2) is 0 Å². The van der Waals surface area contributed by atoms with E-state index >= 15 is 0 Å². The Hall–Kier alpha value is -1.97. The van der Waals surface area contributed by atoms with Crippen molar-refractivity contribution in [3.63, 3.8) is 0 Å². The van der Waals surface area contributed by atoms with Gasteiger partial charge >= 0.3 is 0 Å². The topological polar surface area (TPSA) is 99.1 Å². The number of nitrogens with zero attached hydrogens (tertiary/aromatic N) is 1. The number of hydrogen-bond donors (Lipinski definition) is 3. The first-order valence-electron chi connectivity index (χ1n) is 9.23. The van der Waals surface area contributed by atoms with Crippen molar-refractivity contribution in [3.05, 3.63) is 60.2 Å². The molecule has 3 rings (SSSR count). The lowest BCUT2D eigenvalue weighted by atomic mass is 10.0. The SMILES string of the molecule is CCOc1ccc(CNC[C@]2(O)CN(S(=O)(=O)c3ccccc3)C[C@H]2O)cc1. The minimum atomic E-state index is -3.76. The van der Waals surface area contributed by atoms with Crippen LogP contribution in [0.2, 0.25) is 0 Å². The number of ether oxygens (including phenoxy) is 1. The molecule has 2 aromatic rings. The zero-order valence-electron chi connectivity index (χ0n) is 15.8. The summed E-state index contributed by atoms with van der Waals surface area (Å²) in [7, 11) is -3.76. The van der Waals surface area contributed by atoms with Crippen molar-refractivity contribution in [3.8, 4) is 5.75 Å². The van der Waals surface area contributed by atoms with Gasteiger partial charge in [-0.2, -0.15) is 4.31 Å². The molecule has 8 heteroatoms. The first-order valence-corrected chi connectivity index (χ1v) is 10.7. The van der Waals surface area contributed by atoms with Crippen molar-refractivity contribution in [2.75, 3.05) is 26.2 Å². The molecule has 1 saturated heterocycles. The summed E-state index contributed by atoms with van der Waals surface area (Å²) >= 11 is 0. The Morgan fingerprint density at radius 1 is 1.18 bits per heavy atom. The van der Waals surface area contributed by atoms with E-state index in [1.165, 1.54) is 12.1 Å². The van der Waals surface area contributed by atoms with Crippen molar-refractivity contribution >= 4 is 10.0 Å². The molecule has 0 aromatic heterocycles. The minimum Gasteiger partial charge on any atom is -0.494 e. The van der Waals surface area contributed by atoms with Crippen molar-refractivity contribution in [1.29, 1.82) is 0 Å². The molecule has 0 saturated carbocycles. The molecule has 0 radical (unpaired) electrons. The predicted octanol–water partition coefficient (Wildman–Crippen LogP) is 0.971. The second-order valence-electron chi connectivity index (χ2n) is 6.91. The number of rotatable bonds is 8. The van der Waals surface area contributed by atoms with Crippen LogP contribution in [0, 0.1) is 0 Å². The standard InChI is InChI=1S/C20H26N2O5S/c1-2-27-17-10-8-16(9-11-17)12-21-14-20(24)15-22(13-19(20)23)28(25,26)18-6-4-3-5-7-18/h3-11,19,21,23-24H,2,12-15H2,1H3/t19-,20+/m1/s1. The molecule has 2 aromatic carbocycles. The fourth-order valence-corrected chi connectivity index (χ4v) is 4.76. The molecule has 28 heavy (non-hydrogen) atoms. The van der Waals surface area contributed by atoms with E-state index in [2.05, 4.69) is 5.32 Å². The van der Waals surface area contributed by atoms with E-state index in [0.717, 1.165) is 15.6 Å². The van der Waals surface area contributed by atoms with Crippen molar-refractivity contribution < 1.29 is 23.4 Å². The summed E-state index contributed by atoms with van der Waals surface area (Å²) < 4.78 is 32.0. The quantitative estimate of drug-likeness (QED) is 0.604. The summed E-state index contributed by atoms with van der Waals surface area (Å²) in [6.07, 6.45) is -1.17. The Morgan fingerprint density at radius 3 is 2.50 bits per heavy atom. The van der Waals surface area contributed by atoms with E-state index in [-0.39, 0.29) is 24.5 Å². The molecule has 0 amide bonds. The van der Waals surface area contributed by atoms with Gasteiger partial charge in [0, 0.05) is 26.2 Å². The molecule has 2 atom stereocenters. The van der Waals surface area contributed by atoms with Crippen LogP contribution in [0.3, 0.4) is 0 Å². The summed E-state index contributed by atoms with van der Waals surface area (Å²) in [6.45, 7) is 2.77. The molecule has 7 nitrogen and oxygen atoms in total. The molecule has 0 unspecified atom stereocenters. The fourth-order valence-electron chi connectivity index (χ4n) is 3.23. The van der Waals surface area contributed by atoms with Gasteiger partial charge in [-0.3, -0.25) is 0 Å². The smallest absolute Gasteiger partial charge is 0.243 e. The summed E-state index contributed by atoms with van der Waals surface area (Å²) in [5.41, 5.74) is -0.555. The molecule has 1 fully saturated rings. The zero-order chi connectivity index (χ0) is 20.2. The molecule has 1 heterocycles. The Bertz CT molecular complexity index is 873. The van der Waals surface area contributed by atoms with Crippen LogP contribution >= 0.6 is 0 Å². The van der Waals surface area contributed by atoms with Crippen LogP contribution in [0.5, 0.6) is 5.75 Å². The third-order valence-corrected chi connectivity index (χ3v) is 6.65. The second kappa shape index (κ2) is 8.59. The fraction of sp³-hybridized carbons (Fsp3) is 0.400. The third-order valence-electron chi connectivity index (χ3n) is 4.82. The van der Waals surface area contributed by atoms with Gasteiger partial charge in [0.05, 0.1) is 17.6 Å². The zero-order valence-corrected chi connectivity index (χ0v) is 16.6. The Morgan fingerprint density at radius 2 is 1.86 bits per heavy atom. The molecule has 1 aliphatic rings. The number of hydrogen-bond acceptors (Lipinski definition) is 6. The number of sulfonamides is 1. The number of nitrogens with one attached hydrogen (secondary N) is 1. The molecular formula is C20H26N2O5S. The highest BCUT2D eigenvalue weighted by Gasteiger charge is 2.48. The largest absolute Gasteiger partial charge is 0.494 e. The maximum absolute atomic E-state index is 12.7. The summed E-state index contributed by atoms with van der Waals surface area (Å²) in [4.78, 5) is 0.147. The molecule has 152 valence electrons. The second-order valence-corrected chi connectivity index (χ2v) is 8.85. The Kier molecular flexibility index (Phi) is 6.36. The average molecular weight is 407 g/mol. The highest BCUT2D eigenvalue weighted by atomic mass is 32.2. The molecule has 1 aliphatic heterocycles. The number of aliphatic hydroxyl groups excluding tert-OH is 1. The van der Waals surface area contributed by atoms with E-state index in [9.17, 15) is 18.6 Å². The van der Waals surface area contributed by atoms with Crippen molar-refractivity contribution in [2.24, 2.45) is 0 Å². The maximum Gasteiger partial charge on any atom is 0.243 e. The molecule has 3 N–H and O–H groups in total. The minimum absolute atomic E-state index is 0.0716. The number of β-amino-alcohol motifs (C(OH)–C–C–N with tert-alkyl or cyclic N) is 2. The number of aliphatic hydroxyl groups is 2. The van der Waals surface area contributed by atoms with Gasteiger partial charge in [-0.05, 0) is 36.8 Å². The molecular weight excluding hydrogens is 380 g/mol. The lowest BCUT2D eigenvalue weighted by Crippen LogP contribution is -2.50. The van der Waals surface area contributed by atoms with Crippen LogP contribution in [0.15, 0.2) is 59.5 Å². The van der Waals surface area contributed by atoms with Gasteiger partial charge in [-0.1, -0.05) is 30.3 Å². The highest BCUT2D eigenvalue weighted by Crippen LogP contribution is 2.27. The first kappa shape index (κ1) is 20.8. The van der Waals surface area contributed by atoms with Crippen LogP contribution in [-0.2, 0) is 16.6 Å². The lowest BCUT2D eigenvalue weighted by Gasteiger charge is -2.26. The monoisotopic (exact) mass is 406 g/mol. The van der Waals surface area contributed by atoms with E-state index in [1.807, 2.05) is 31.2 Å². The predicted molar refractivity (Wildman–Crippen MR) is 105 cm³/mol. The van der Waals surface area contributed by atoms with Gasteiger partial charge in [0.25, 0.3) is 0 Å². The summed E-state index contributed by atoms with van der Waals surface area (Å²) in [5, 5.41) is 24.2. The summed E-state index contributed by atoms with van der Waals surface area (Å²) in [5.74, 6) is 0.790. The highest BCUT2D eigenvalue weighted by molar-refractivity contribution is 7.89.